The number of anilines is 1. The predicted molar refractivity (Wildman–Crippen MR) is 61.4 cm³/mol. The van der Waals surface area contributed by atoms with Gasteiger partial charge in [-0.2, -0.15) is 10.9 Å². The molecule has 2 nitrogen and oxygen atoms in total. The van der Waals surface area contributed by atoms with Crippen LogP contribution in [-0.2, 0) is 4.79 Å². The van der Waals surface area contributed by atoms with Crippen molar-refractivity contribution in [3.05, 3.63) is 46.7 Å². The Morgan fingerprint density at radius 3 is 2.93 bits per heavy atom. The van der Waals surface area contributed by atoms with Gasteiger partial charge in [-0.25, -0.2) is 0 Å². The molecule has 14 heavy (non-hydrogen) atoms. The van der Waals surface area contributed by atoms with Crippen molar-refractivity contribution in [3.8, 4) is 0 Å². The van der Waals surface area contributed by atoms with E-state index in [4.69, 9.17) is 5.73 Å². The number of hydrogen-bond acceptors (Lipinski definition) is 2. The van der Waals surface area contributed by atoms with E-state index in [1.165, 1.54) is 0 Å². The first-order valence-corrected chi connectivity index (χ1v) is 5.71. The first-order chi connectivity index (χ1) is 6.81. The quantitative estimate of drug-likeness (QED) is 0.442. The number of benzene rings is 1. The molecule has 0 bridgehead atoms. The second-order valence-corrected chi connectivity index (χ2v) is 5.09. The van der Waals surface area contributed by atoms with Crippen molar-refractivity contribution >= 4 is 22.9 Å². The minimum absolute atomic E-state index is 0.587. The van der Waals surface area contributed by atoms with Crippen molar-refractivity contribution in [1.82, 2.24) is 0 Å². The molecule has 0 aromatic heterocycles. The van der Waals surface area contributed by atoms with Crippen molar-refractivity contribution in [3.63, 3.8) is 0 Å². The summed E-state index contributed by atoms with van der Waals surface area (Å²) in [6, 6.07) is 7.71. The zero-order valence-electron chi connectivity index (χ0n) is 7.55. The van der Waals surface area contributed by atoms with Crippen LogP contribution in [0, 0.1) is 0 Å². The van der Waals surface area contributed by atoms with Gasteiger partial charge in [-0.05, 0) is 34.6 Å². The van der Waals surface area contributed by atoms with Gasteiger partial charge in [-0.15, -0.1) is 0 Å². The maximum Gasteiger partial charge on any atom is 0.155 e. The van der Waals surface area contributed by atoms with Crippen LogP contribution in [-0.4, -0.2) is 6.29 Å². The fourth-order valence-electron chi connectivity index (χ4n) is 1.40. The summed E-state index contributed by atoms with van der Waals surface area (Å²) in [5.41, 5.74) is 6.44. The zero-order chi connectivity index (χ0) is 9.97. The number of carbonyl (C=O) groups is 1. The van der Waals surface area contributed by atoms with Crippen LogP contribution in [0.15, 0.2) is 51.6 Å². The van der Waals surface area contributed by atoms with Crippen LogP contribution in [0.5, 0.6) is 0 Å². The smallest absolute Gasteiger partial charge is 0.155 e. The van der Waals surface area contributed by atoms with Crippen LogP contribution in [0.4, 0.5) is 5.69 Å². The molecule has 1 aromatic carbocycles. The fourth-order valence-corrected chi connectivity index (χ4v) is 3.20. The van der Waals surface area contributed by atoms with Gasteiger partial charge in [0, 0.05) is 10.6 Å². The Morgan fingerprint density at radius 2 is 2.21 bits per heavy atom. The Morgan fingerprint density at radius 1 is 1.36 bits per heavy atom. The van der Waals surface area contributed by atoms with Gasteiger partial charge in [0.2, 0.25) is 0 Å². The van der Waals surface area contributed by atoms with Crippen LogP contribution in [0.2, 0.25) is 0 Å². The molecule has 72 valence electrons. The average Bonchev–Trinajstić information content (AvgIpc) is 2.65. The second kappa shape index (κ2) is 3.72. The van der Waals surface area contributed by atoms with E-state index in [0.717, 1.165) is 21.8 Å². The van der Waals surface area contributed by atoms with E-state index in [0.29, 0.717) is 0 Å². The number of rotatable bonds is 2. The largest absolute Gasteiger partial charge is 0.399 e. The van der Waals surface area contributed by atoms with Crippen molar-refractivity contribution in [2.75, 3.05) is 5.73 Å². The minimum atomic E-state index is -0.587. The summed E-state index contributed by atoms with van der Waals surface area (Å²) in [6.07, 6.45) is 4.72. The standard InChI is InChI=1S/C11H11NOS/c12-9-3-1-4-10(7-9)14-6-2-5-11(14)8-13/h1-8,14H,12H2. The Bertz CT molecular complexity index is 423. The minimum Gasteiger partial charge on any atom is -0.399 e. The molecule has 0 saturated heterocycles. The molecule has 0 aliphatic carbocycles. The highest BCUT2D eigenvalue weighted by Crippen LogP contribution is 2.47. The van der Waals surface area contributed by atoms with Crippen molar-refractivity contribution in [2.45, 2.75) is 4.90 Å². The number of nitrogen functional groups attached to an aromatic ring is 1. The molecule has 1 aliphatic rings. The van der Waals surface area contributed by atoms with Crippen LogP contribution in [0.3, 0.4) is 0 Å². The van der Waals surface area contributed by atoms with E-state index in [1.807, 2.05) is 36.4 Å². The summed E-state index contributed by atoms with van der Waals surface area (Å²) in [4.78, 5) is 12.7. The molecule has 1 heterocycles. The second-order valence-electron chi connectivity index (χ2n) is 3.02. The third-order valence-corrected chi connectivity index (χ3v) is 4.17. The van der Waals surface area contributed by atoms with Crippen molar-refractivity contribution in [2.24, 2.45) is 0 Å². The molecule has 2 rings (SSSR count). The van der Waals surface area contributed by atoms with Gasteiger partial charge in [0.25, 0.3) is 0 Å². The molecular formula is C11H11NOS. The number of hydrogen-bond donors (Lipinski definition) is 2. The molecule has 0 radical (unpaired) electrons. The van der Waals surface area contributed by atoms with Gasteiger partial charge >= 0.3 is 0 Å². The summed E-state index contributed by atoms with van der Waals surface area (Å²) in [7, 11) is -0.587. The molecule has 1 unspecified atom stereocenters. The summed E-state index contributed by atoms with van der Waals surface area (Å²) < 4.78 is 0. The fraction of sp³-hybridized carbons (Fsp3) is 0. The van der Waals surface area contributed by atoms with E-state index in [1.54, 1.807) is 0 Å². The van der Waals surface area contributed by atoms with E-state index < -0.39 is 10.9 Å². The van der Waals surface area contributed by atoms with Gasteiger partial charge in [-0.1, -0.05) is 12.1 Å². The highest BCUT2D eigenvalue weighted by atomic mass is 32.2. The molecule has 1 atom stereocenters. The van der Waals surface area contributed by atoms with Gasteiger partial charge in [0.15, 0.2) is 6.29 Å². The predicted octanol–water partition coefficient (Wildman–Crippen LogP) is 2.24. The first kappa shape index (κ1) is 9.09. The normalized spacial score (nSPS) is 22.0. The SMILES string of the molecule is Nc1cccc([SH]2C=CC=C2C=O)c1. The number of carbonyl (C=O) groups excluding carboxylic acids is 1. The zero-order valence-corrected chi connectivity index (χ0v) is 8.45. The molecule has 1 aromatic rings. The van der Waals surface area contributed by atoms with E-state index in [9.17, 15) is 4.79 Å². The summed E-state index contributed by atoms with van der Waals surface area (Å²) in [5.74, 6) is 0. The van der Waals surface area contributed by atoms with Gasteiger partial charge in [-0.3, -0.25) is 4.79 Å². The highest BCUT2D eigenvalue weighted by Gasteiger charge is 2.11. The van der Waals surface area contributed by atoms with Crippen LogP contribution in [0.1, 0.15) is 0 Å². The maximum absolute atomic E-state index is 10.8. The Kier molecular flexibility index (Phi) is 2.41. The summed E-state index contributed by atoms with van der Waals surface area (Å²) in [5, 5.41) is 2.06. The lowest BCUT2D eigenvalue weighted by Crippen LogP contribution is -1.88. The Hall–Kier alpha value is -1.48. The van der Waals surface area contributed by atoms with Gasteiger partial charge < -0.3 is 5.73 Å². The molecular weight excluding hydrogens is 194 g/mol. The molecule has 0 spiro atoms. The Balaban J connectivity index is 2.36. The number of allylic oxidation sites excluding steroid dienone is 3. The molecule has 2 N–H and O–H groups in total. The van der Waals surface area contributed by atoms with Crippen molar-refractivity contribution in [1.29, 1.82) is 0 Å². The average molecular weight is 205 g/mol. The lowest BCUT2D eigenvalue weighted by Gasteiger charge is -2.14. The van der Waals surface area contributed by atoms with Crippen LogP contribution in [0.25, 0.3) is 0 Å². The van der Waals surface area contributed by atoms with Crippen LogP contribution < -0.4 is 5.73 Å². The van der Waals surface area contributed by atoms with E-state index >= 15 is 0 Å². The topological polar surface area (TPSA) is 43.1 Å². The van der Waals surface area contributed by atoms with Crippen molar-refractivity contribution < 1.29 is 4.79 Å². The Labute approximate surface area is 85.5 Å². The van der Waals surface area contributed by atoms with Gasteiger partial charge in [0.1, 0.15) is 0 Å². The lowest BCUT2D eigenvalue weighted by molar-refractivity contribution is -0.104. The lowest BCUT2D eigenvalue weighted by atomic mass is 10.3. The van der Waals surface area contributed by atoms with Crippen LogP contribution >= 0.6 is 10.9 Å². The van der Waals surface area contributed by atoms with E-state index in [2.05, 4.69) is 5.41 Å². The third-order valence-electron chi connectivity index (χ3n) is 2.05. The number of nitrogens with two attached hydrogens (primary N) is 1. The number of aldehydes is 1. The molecule has 0 amide bonds. The highest BCUT2D eigenvalue weighted by molar-refractivity contribution is 8.23. The summed E-state index contributed by atoms with van der Waals surface area (Å²) >= 11 is 0. The molecule has 1 aliphatic heterocycles. The maximum atomic E-state index is 10.8. The third kappa shape index (κ3) is 1.59. The molecule has 0 fully saturated rings. The first-order valence-electron chi connectivity index (χ1n) is 4.30. The molecule has 0 saturated carbocycles. The summed E-state index contributed by atoms with van der Waals surface area (Å²) in [6.45, 7) is 0. The monoisotopic (exact) mass is 205 g/mol. The molecule has 3 heteroatoms. The number of thiol groups is 1. The van der Waals surface area contributed by atoms with E-state index in [-0.39, 0.29) is 0 Å². The van der Waals surface area contributed by atoms with Gasteiger partial charge in [0.05, 0.1) is 0 Å².